The maximum Gasteiger partial charge on any atom is 0.308 e. The molecule has 0 aromatic heterocycles. The van der Waals surface area contributed by atoms with E-state index in [4.69, 9.17) is 4.74 Å². The Labute approximate surface area is 80.7 Å². The minimum Gasteiger partial charge on any atom is -0.469 e. The summed E-state index contributed by atoms with van der Waals surface area (Å²) in [6.45, 7) is 4.40. The van der Waals surface area contributed by atoms with Crippen molar-refractivity contribution in [2.24, 2.45) is 17.8 Å². The molecule has 76 valence electrons. The lowest BCUT2D eigenvalue weighted by Crippen LogP contribution is -2.31. The van der Waals surface area contributed by atoms with E-state index in [-0.39, 0.29) is 11.9 Å². The highest BCUT2D eigenvalue weighted by Crippen LogP contribution is 2.35. The zero-order valence-electron chi connectivity index (χ0n) is 8.88. The predicted molar refractivity (Wildman–Crippen MR) is 52.3 cm³/mol. The van der Waals surface area contributed by atoms with E-state index in [1.807, 2.05) is 0 Å². The number of hydrogen-bond donors (Lipinski definition) is 0. The van der Waals surface area contributed by atoms with Gasteiger partial charge in [0, 0.05) is 0 Å². The highest BCUT2D eigenvalue weighted by Gasteiger charge is 2.33. The molecule has 13 heavy (non-hydrogen) atoms. The van der Waals surface area contributed by atoms with Gasteiger partial charge in [0.2, 0.25) is 0 Å². The summed E-state index contributed by atoms with van der Waals surface area (Å²) in [5.41, 5.74) is 0. The van der Waals surface area contributed by atoms with Crippen molar-refractivity contribution in [3.05, 3.63) is 0 Å². The Bertz CT molecular complexity index is 175. The molecular weight excluding hydrogens is 164 g/mol. The number of rotatable bonds is 2. The van der Waals surface area contributed by atoms with E-state index >= 15 is 0 Å². The van der Waals surface area contributed by atoms with Crippen LogP contribution in [0, 0.1) is 17.8 Å². The summed E-state index contributed by atoms with van der Waals surface area (Å²) in [6.07, 6.45) is 4.67. The van der Waals surface area contributed by atoms with Gasteiger partial charge in [-0.25, -0.2) is 0 Å². The second-order valence-corrected chi connectivity index (χ2v) is 4.32. The maximum atomic E-state index is 11.5. The summed E-state index contributed by atoms with van der Waals surface area (Å²) >= 11 is 0. The van der Waals surface area contributed by atoms with Crippen molar-refractivity contribution in [2.45, 2.75) is 39.5 Å². The van der Waals surface area contributed by atoms with Crippen LogP contribution < -0.4 is 0 Å². The zero-order valence-corrected chi connectivity index (χ0v) is 8.88. The fourth-order valence-corrected chi connectivity index (χ4v) is 2.40. The van der Waals surface area contributed by atoms with E-state index < -0.39 is 0 Å². The Morgan fingerprint density at radius 1 is 1.31 bits per heavy atom. The summed E-state index contributed by atoms with van der Waals surface area (Å²) in [7, 11) is 1.49. The fraction of sp³-hybridized carbons (Fsp3) is 0.909. The monoisotopic (exact) mass is 184 g/mol. The van der Waals surface area contributed by atoms with Crippen LogP contribution in [0.5, 0.6) is 0 Å². The van der Waals surface area contributed by atoms with Gasteiger partial charge in [-0.3, -0.25) is 4.79 Å². The van der Waals surface area contributed by atoms with Crippen LogP contribution in [0.4, 0.5) is 0 Å². The SMILES string of the molecule is COC(=O)C1CCCCC1C(C)C. The minimum absolute atomic E-state index is 0.00148. The van der Waals surface area contributed by atoms with Crippen LogP contribution in [0.15, 0.2) is 0 Å². The van der Waals surface area contributed by atoms with E-state index in [0.717, 1.165) is 6.42 Å². The van der Waals surface area contributed by atoms with Gasteiger partial charge in [-0.2, -0.15) is 0 Å². The number of esters is 1. The molecule has 2 nitrogen and oxygen atoms in total. The Kier molecular flexibility index (Phi) is 3.76. The Balaban J connectivity index is 2.61. The Morgan fingerprint density at radius 2 is 1.92 bits per heavy atom. The first-order chi connectivity index (χ1) is 6.16. The summed E-state index contributed by atoms with van der Waals surface area (Å²) < 4.78 is 4.83. The summed E-state index contributed by atoms with van der Waals surface area (Å²) in [6, 6.07) is 0. The first-order valence-electron chi connectivity index (χ1n) is 5.24. The molecule has 0 aromatic carbocycles. The smallest absolute Gasteiger partial charge is 0.308 e. The maximum absolute atomic E-state index is 11.5. The molecule has 2 heteroatoms. The molecule has 1 fully saturated rings. The highest BCUT2D eigenvalue weighted by atomic mass is 16.5. The average molecular weight is 184 g/mol. The quantitative estimate of drug-likeness (QED) is 0.617. The third-order valence-electron chi connectivity index (χ3n) is 3.18. The third-order valence-corrected chi connectivity index (χ3v) is 3.18. The van der Waals surface area contributed by atoms with Gasteiger partial charge < -0.3 is 4.74 Å². The largest absolute Gasteiger partial charge is 0.469 e. The van der Waals surface area contributed by atoms with Crippen LogP contribution in [-0.4, -0.2) is 13.1 Å². The van der Waals surface area contributed by atoms with Crippen LogP contribution in [-0.2, 0) is 9.53 Å². The molecule has 0 aromatic rings. The highest BCUT2D eigenvalue weighted by molar-refractivity contribution is 5.72. The first-order valence-corrected chi connectivity index (χ1v) is 5.24. The van der Waals surface area contributed by atoms with Crippen LogP contribution in [0.25, 0.3) is 0 Å². The molecule has 2 atom stereocenters. The lowest BCUT2D eigenvalue weighted by Gasteiger charge is -2.32. The van der Waals surface area contributed by atoms with Gasteiger partial charge in [-0.15, -0.1) is 0 Å². The second-order valence-electron chi connectivity index (χ2n) is 4.32. The molecule has 0 spiro atoms. The van der Waals surface area contributed by atoms with Gasteiger partial charge in [-0.1, -0.05) is 26.7 Å². The van der Waals surface area contributed by atoms with Crippen molar-refractivity contribution < 1.29 is 9.53 Å². The number of carbonyl (C=O) groups is 1. The van der Waals surface area contributed by atoms with E-state index in [0.29, 0.717) is 11.8 Å². The zero-order chi connectivity index (χ0) is 9.84. The number of hydrogen-bond acceptors (Lipinski definition) is 2. The Hall–Kier alpha value is -0.530. The number of methoxy groups -OCH3 is 1. The Morgan fingerprint density at radius 3 is 2.46 bits per heavy atom. The van der Waals surface area contributed by atoms with Crippen molar-refractivity contribution in [3.8, 4) is 0 Å². The van der Waals surface area contributed by atoms with Crippen LogP contribution in [0.1, 0.15) is 39.5 Å². The molecule has 0 N–H and O–H groups in total. The van der Waals surface area contributed by atoms with Gasteiger partial charge in [0.15, 0.2) is 0 Å². The lowest BCUT2D eigenvalue weighted by molar-refractivity contribution is -0.149. The van der Waals surface area contributed by atoms with E-state index in [2.05, 4.69) is 13.8 Å². The van der Waals surface area contributed by atoms with Gasteiger partial charge in [-0.05, 0) is 24.7 Å². The molecule has 1 rings (SSSR count). The molecule has 2 unspecified atom stereocenters. The minimum atomic E-state index is -0.00148. The van der Waals surface area contributed by atoms with Crippen molar-refractivity contribution in [1.29, 1.82) is 0 Å². The topological polar surface area (TPSA) is 26.3 Å². The molecule has 0 bridgehead atoms. The standard InChI is InChI=1S/C11H20O2/c1-8(2)9-6-4-5-7-10(9)11(12)13-3/h8-10H,4-7H2,1-3H3. The van der Waals surface area contributed by atoms with Crippen LogP contribution in [0.3, 0.4) is 0 Å². The van der Waals surface area contributed by atoms with Gasteiger partial charge in [0.25, 0.3) is 0 Å². The van der Waals surface area contributed by atoms with Gasteiger partial charge in [0.05, 0.1) is 13.0 Å². The second kappa shape index (κ2) is 4.64. The first kappa shape index (κ1) is 10.6. The molecule has 0 saturated heterocycles. The van der Waals surface area contributed by atoms with Crippen molar-refractivity contribution in [1.82, 2.24) is 0 Å². The van der Waals surface area contributed by atoms with Gasteiger partial charge >= 0.3 is 5.97 Å². The molecule has 0 amide bonds. The van der Waals surface area contributed by atoms with Crippen molar-refractivity contribution >= 4 is 5.97 Å². The molecule has 1 aliphatic carbocycles. The number of ether oxygens (including phenoxy) is 1. The molecular formula is C11H20O2. The van der Waals surface area contributed by atoms with E-state index in [1.54, 1.807) is 0 Å². The average Bonchev–Trinajstić information content (AvgIpc) is 2.16. The normalized spacial score (nSPS) is 28.9. The summed E-state index contributed by atoms with van der Waals surface area (Å²) in [5, 5.41) is 0. The van der Waals surface area contributed by atoms with Gasteiger partial charge in [0.1, 0.15) is 0 Å². The van der Waals surface area contributed by atoms with Crippen molar-refractivity contribution in [2.75, 3.05) is 7.11 Å². The van der Waals surface area contributed by atoms with E-state index in [9.17, 15) is 4.79 Å². The lowest BCUT2D eigenvalue weighted by atomic mass is 9.73. The summed E-state index contributed by atoms with van der Waals surface area (Å²) in [5.74, 6) is 1.31. The third kappa shape index (κ3) is 2.45. The molecule has 0 radical (unpaired) electrons. The van der Waals surface area contributed by atoms with Crippen LogP contribution >= 0.6 is 0 Å². The predicted octanol–water partition coefficient (Wildman–Crippen LogP) is 2.62. The molecule has 1 aliphatic rings. The summed E-state index contributed by atoms with van der Waals surface area (Å²) in [4.78, 5) is 11.5. The van der Waals surface area contributed by atoms with Crippen molar-refractivity contribution in [3.63, 3.8) is 0 Å². The molecule has 0 aliphatic heterocycles. The molecule has 1 saturated carbocycles. The van der Waals surface area contributed by atoms with Crippen LogP contribution in [0.2, 0.25) is 0 Å². The number of carbonyl (C=O) groups excluding carboxylic acids is 1. The fourth-order valence-electron chi connectivity index (χ4n) is 2.40. The van der Waals surface area contributed by atoms with E-state index in [1.165, 1.54) is 26.4 Å². The molecule has 0 heterocycles.